The molecule has 0 spiro atoms. The monoisotopic (exact) mass is 350 g/mol. The Morgan fingerprint density at radius 2 is 1.71 bits per heavy atom. The fourth-order valence-electron chi connectivity index (χ4n) is 2.95. The summed E-state index contributed by atoms with van der Waals surface area (Å²) in [7, 11) is -1.89. The van der Waals surface area contributed by atoms with Crippen LogP contribution in [0.4, 0.5) is 0 Å². The maximum atomic E-state index is 12.6. The minimum absolute atomic E-state index is 0.132. The zero-order chi connectivity index (χ0) is 17.8. The molecule has 0 N–H and O–H groups in total. The predicted molar refractivity (Wildman–Crippen MR) is 101 cm³/mol. The average Bonchev–Trinajstić information content (AvgIpc) is 2.84. The lowest BCUT2D eigenvalue weighted by atomic mass is 10.1. The molecule has 0 radical (unpaired) electrons. The number of nitrogens with zero attached hydrogens (tertiary/aromatic N) is 2. The maximum absolute atomic E-state index is 12.6. The summed E-state index contributed by atoms with van der Waals surface area (Å²) in [5.41, 5.74) is 0. The molecule has 0 aromatic heterocycles. The summed E-state index contributed by atoms with van der Waals surface area (Å²) >= 11 is 0. The number of likely N-dealkylation sites (tertiary alicyclic amines) is 2. The van der Waals surface area contributed by atoms with Gasteiger partial charge in [-0.25, -0.2) is 0 Å². The predicted octanol–water partition coefficient (Wildman–Crippen LogP) is 3.10. The van der Waals surface area contributed by atoms with Crippen molar-refractivity contribution in [2.24, 2.45) is 0 Å². The molecule has 0 saturated carbocycles. The highest BCUT2D eigenvalue weighted by Gasteiger charge is 2.43. The smallest absolute Gasteiger partial charge is 0.251 e. The van der Waals surface area contributed by atoms with Crippen LogP contribution in [0.25, 0.3) is 0 Å². The first-order valence-electron chi connectivity index (χ1n) is 9.35. The average molecular weight is 351 g/mol. The second-order valence-electron chi connectivity index (χ2n) is 8.61. The van der Waals surface area contributed by atoms with Crippen LogP contribution in [0.2, 0.25) is 18.1 Å². The molecule has 136 valence electrons. The SMILES string of the molecule is CC(C)(C)[Si](C)(C)OC1CCN(CC#CCN2CCCCC2)C1=O. The van der Waals surface area contributed by atoms with Crippen LogP contribution in [0.5, 0.6) is 0 Å². The van der Waals surface area contributed by atoms with Crippen LogP contribution in [0.3, 0.4) is 0 Å². The number of amides is 1. The van der Waals surface area contributed by atoms with Gasteiger partial charge in [0.2, 0.25) is 0 Å². The summed E-state index contributed by atoms with van der Waals surface area (Å²) in [5.74, 6) is 6.56. The Balaban J connectivity index is 1.79. The Kier molecular flexibility index (Phi) is 6.52. The Labute approximate surface area is 149 Å². The molecular formula is C19H34N2O2Si. The molecule has 1 atom stereocenters. The molecule has 4 nitrogen and oxygen atoms in total. The second kappa shape index (κ2) is 8.03. The first kappa shape index (κ1) is 19.5. The van der Waals surface area contributed by atoms with Gasteiger partial charge in [-0.05, 0) is 50.5 Å². The summed E-state index contributed by atoms with van der Waals surface area (Å²) < 4.78 is 6.30. The fraction of sp³-hybridized carbons (Fsp3) is 0.842. The van der Waals surface area contributed by atoms with Gasteiger partial charge in [-0.2, -0.15) is 0 Å². The van der Waals surface area contributed by atoms with Crippen molar-refractivity contribution in [2.75, 3.05) is 32.7 Å². The lowest BCUT2D eigenvalue weighted by molar-refractivity contribution is -0.133. The largest absolute Gasteiger partial charge is 0.405 e. The van der Waals surface area contributed by atoms with Gasteiger partial charge in [-0.3, -0.25) is 9.69 Å². The van der Waals surface area contributed by atoms with Crippen molar-refractivity contribution in [1.29, 1.82) is 0 Å². The van der Waals surface area contributed by atoms with Crippen LogP contribution in [-0.4, -0.2) is 62.9 Å². The fourth-order valence-corrected chi connectivity index (χ4v) is 4.23. The van der Waals surface area contributed by atoms with Crippen molar-refractivity contribution >= 4 is 14.2 Å². The van der Waals surface area contributed by atoms with Crippen LogP contribution < -0.4 is 0 Å². The van der Waals surface area contributed by atoms with Crippen molar-refractivity contribution in [3.63, 3.8) is 0 Å². The zero-order valence-electron chi connectivity index (χ0n) is 16.2. The van der Waals surface area contributed by atoms with E-state index in [-0.39, 0.29) is 17.0 Å². The molecule has 5 heteroatoms. The molecule has 0 aliphatic carbocycles. The summed E-state index contributed by atoms with van der Waals surface area (Å²) in [6.45, 7) is 15.5. The van der Waals surface area contributed by atoms with Crippen LogP contribution in [0.15, 0.2) is 0 Å². The third kappa shape index (κ3) is 5.08. The number of rotatable bonds is 4. The zero-order valence-corrected chi connectivity index (χ0v) is 17.2. The van der Waals surface area contributed by atoms with Gasteiger partial charge in [0.05, 0.1) is 13.1 Å². The van der Waals surface area contributed by atoms with E-state index in [1.807, 2.05) is 4.90 Å². The molecule has 2 aliphatic rings. The molecule has 1 unspecified atom stereocenters. The lowest BCUT2D eigenvalue weighted by Gasteiger charge is -2.37. The van der Waals surface area contributed by atoms with Gasteiger partial charge < -0.3 is 9.33 Å². The molecule has 2 saturated heterocycles. The van der Waals surface area contributed by atoms with Crippen LogP contribution in [0, 0.1) is 11.8 Å². The van der Waals surface area contributed by atoms with Gasteiger partial charge in [0.25, 0.3) is 5.91 Å². The van der Waals surface area contributed by atoms with E-state index >= 15 is 0 Å². The van der Waals surface area contributed by atoms with Gasteiger partial charge in [-0.15, -0.1) is 0 Å². The summed E-state index contributed by atoms with van der Waals surface area (Å²) in [6.07, 6.45) is 4.48. The van der Waals surface area contributed by atoms with Crippen LogP contribution >= 0.6 is 0 Å². The van der Waals surface area contributed by atoms with Crippen LogP contribution in [0.1, 0.15) is 46.5 Å². The van der Waals surface area contributed by atoms with E-state index in [9.17, 15) is 4.79 Å². The number of hydrogen-bond acceptors (Lipinski definition) is 3. The summed E-state index contributed by atoms with van der Waals surface area (Å²) in [4.78, 5) is 16.8. The molecule has 2 fully saturated rings. The number of piperidine rings is 1. The van der Waals surface area contributed by atoms with E-state index in [4.69, 9.17) is 4.43 Å². The van der Waals surface area contributed by atoms with Gasteiger partial charge in [0.1, 0.15) is 6.10 Å². The van der Waals surface area contributed by atoms with E-state index in [0.717, 1.165) is 19.5 Å². The first-order chi connectivity index (χ1) is 11.2. The number of carbonyl (C=O) groups is 1. The molecule has 2 heterocycles. The highest BCUT2D eigenvalue weighted by atomic mass is 28.4. The molecule has 0 aromatic carbocycles. The quantitative estimate of drug-likeness (QED) is 0.577. The van der Waals surface area contributed by atoms with E-state index in [0.29, 0.717) is 6.54 Å². The van der Waals surface area contributed by atoms with Gasteiger partial charge in [0, 0.05) is 6.54 Å². The van der Waals surface area contributed by atoms with Crippen molar-refractivity contribution in [3.05, 3.63) is 0 Å². The molecule has 24 heavy (non-hydrogen) atoms. The highest BCUT2D eigenvalue weighted by Crippen LogP contribution is 2.38. The minimum Gasteiger partial charge on any atom is -0.405 e. The molecule has 2 aliphatic heterocycles. The lowest BCUT2D eigenvalue weighted by Crippen LogP contribution is -2.46. The third-order valence-electron chi connectivity index (χ3n) is 5.64. The maximum Gasteiger partial charge on any atom is 0.251 e. The normalized spacial score (nSPS) is 23.3. The number of carbonyl (C=O) groups excluding carboxylic acids is 1. The molecular weight excluding hydrogens is 316 g/mol. The third-order valence-corrected chi connectivity index (χ3v) is 10.1. The van der Waals surface area contributed by atoms with Crippen LogP contribution in [-0.2, 0) is 9.22 Å². The van der Waals surface area contributed by atoms with Gasteiger partial charge in [0.15, 0.2) is 8.32 Å². The van der Waals surface area contributed by atoms with Gasteiger partial charge in [-0.1, -0.05) is 39.0 Å². The molecule has 1 amide bonds. The Hall–Kier alpha value is -0.833. The second-order valence-corrected chi connectivity index (χ2v) is 13.4. The van der Waals surface area contributed by atoms with Crippen molar-refractivity contribution in [1.82, 2.24) is 9.80 Å². The van der Waals surface area contributed by atoms with E-state index < -0.39 is 8.32 Å². The van der Waals surface area contributed by atoms with E-state index in [1.165, 1.54) is 32.4 Å². The summed E-state index contributed by atoms with van der Waals surface area (Å²) in [6, 6.07) is 0. The number of hydrogen-bond donors (Lipinski definition) is 0. The summed E-state index contributed by atoms with van der Waals surface area (Å²) in [5, 5.41) is 0.134. The molecule has 2 rings (SSSR count). The highest BCUT2D eigenvalue weighted by molar-refractivity contribution is 6.74. The minimum atomic E-state index is -1.89. The van der Waals surface area contributed by atoms with E-state index in [1.54, 1.807) is 0 Å². The molecule has 0 aromatic rings. The topological polar surface area (TPSA) is 32.8 Å². The van der Waals surface area contributed by atoms with Crippen molar-refractivity contribution in [3.8, 4) is 11.8 Å². The Morgan fingerprint density at radius 3 is 2.33 bits per heavy atom. The van der Waals surface area contributed by atoms with Crippen molar-refractivity contribution < 1.29 is 9.22 Å². The standard InChI is InChI=1S/C19H34N2O2Si/c1-19(2,3)24(4,5)23-17-11-16-21(18(17)22)15-10-9-14-20-12-7-6-8-13-20/h17H,6-8,11-16H2,1-5H3. The first-order valence-corrected chi connectivity index (χ1v) is 12.3. The molecule has 0 bridgehead atoms. The van der Waals surface area contributed by atoms with Crippen molar-refractivity contribution in [2.45, 2.75) is 70.7 Å². The Bertz CT molecular complexity index is 496. The Morgan fingerprint density at radius 1 is 1.08 bits per heavy atom. The van der Waals surface area contributed by atoms with Gasteiger partial charge >= 0.3 is 0 Å². The van der Waals surface area contributed by atoms with E-state index in [2.05, 4.69) is 50.6 Å².